The van der Waals surface area contributed by atoms with Gasteiger partial charge in [-0.3, -0.25) is 4.79 Å². The number of carbonyl (C=O) groups is 1. The van der Waals surface area contributed by atoms with Crippen LogP contribution in [0.3, 0.4) is 0 Å². The second-order valence-corrected chi connectivity index (χ2v) is 9.77. The number of amides is 1. The predicted octanol–water partition coefficient (Wildman–Crippen LogP) is 7.86. The van der Waals surface area contributed by atoms with Crippen LogP contribution in [-0.4, -0.2) is 30.4 Å². The third kappa shape index (κ3) is 6.50. The largest absolute Gasteiger partial charge is 0.376 e. The monoisotopic (exact) mass is 484 g/mol. The lowest BCUT2D eigenvalue weighted by Crippen LogP contribution is -2.38. The molecule has 184 valence electrons. The molecule has 34 heavy (non-hydrogen) atoms. The molecule has 1 unspecified atom stereocenters. The predicted molar refractivity (Wildman–Crippen MR) is 143 cm³/mol. The lowest BCUT2D eigenvalue weighted by Gasteiger charge is -2.31. The highest BCUT2D eigenvalue weighted by Gasteiger charge is 2.42. The van der Waals surface area contributed by atoms with Gasteiger partial charge in [-0.05, 0) is 69.0 Å². The van der Waals surface area contributed by atoms with Crippen LogP contribution < -0.4 is 4.90 Å². The van der Waals surface area contributed by atoms with Gasteiger partial charge in [0.25, 0.3) is 5.91 Å². The summed E-state index contributed by atoms with van der Waals surface area (Å²) in [7, 11) is 0. The molecular weight excluding hydrogens is 447 g/mol. The van der Waals surface area contributed by atoms with Gasteiger partial charge in [0.1, 0.15) is 5.82 Å². The van der Waals surface area contributed by atoms with E-state index >= 15 is 0 Å². The van der Waals surface area contributed by atoms with Crippen LogP contribution in [-0.2, 0) is 5.41 Å². The molecule has 0 aromatic heterocycles. The van der Waals surface area contributed by atoms with Crippen molar-refractivity contribution < 1.29 is 9.18 Å². The van der Waals surface area contributed by atoms with Crippen LogP contribution in [0.2, 0.25) is 5.02 Å². The van der Waals surface area contributed by atoms with E-state index in [-0.39, 0.29) is 16.9 Å². The lowest BCUT2D eigenvalue weighted by molar-refractivity contribution is 0.0980. The Morgan fingerprint density at radius 2 is 1.94 bits per heavy atom. The molecule has 3 nitrogen and oxygen atoms in total. The summed E-state index contributed by atoms with van der Waals surface area (Å²) in [6.07, 6.45) is 4.89. The summed E-state index contributed by atoms with van der Waals surface area (Å²) in [5, 5.41) is 0.646. The summed E-state index contributed by atoms with van der Waals surface area (Å²) in [5.74, 6) is -0.162. The number of benzene rings is 2. The van der Waals surface area contributed by atoms with Crippen molar-refractivity contribution in [3.8, 4) is 0 Å². The van der Waals surface area contributed by atoms with Crippen LogP contribution in [0, 0.1) is 11.7 Å². The lowest BCUT2D eigenvalue weighted by atomic mass is 9.81. The molecule has 1 amide bonds. The Morgan fingerprint density at radius 1 is 1.29 bits per heavy atom. The molecule has 1 atom stereocenters. The number of fused-ring (bicyclic) bond motifs is 1. The molecule has 3 rings (SSSR count). The molecule has 1 heterocycles. The fraction of sp³-hybridized carbons (Fsp3) is 0.414. The van der Waals surface area contributed by atoms with E-state index in [1.807, 2.05) is 25.1 Å². The van der Waals surface area contributed by atoms with Crippen LogP contribution >= 0.6 is 11.6 Å². The second-order valence-electron chi connectivity index (χ2n) is 9.33. The van der Waals surface area contributed by atoms with Crippen molar-refractivity contribution >= 4 is 23.2 Å². The molecule has 0 bridgehead atoms. The first-order valence-corrected chi connectivity index (χ1v) is 12.3. The highest BCUT2D eigenvalue weighted by atomic mass is 35.5. The van der Waals surface area contributed by atoms with Gasteiger partial charge in [0.15, 0.2) is 0 Å². The molecule has 2 aromatic carbocycles. The smallest absolute Gasteiger partial charge is 0.261 e. The van der Waals surface area contributed by atoms with E-state index in [9.17, 15) is 9.18 Å². The van der Waals surface area contributed by atoms with Crippen LogP contribution in [0.25, 0.3) is 0 Å². The van der Waals surface area contributed by atoms with Crippen LogP contribution in [0.15, 0.2) is 66.9 Å². The minimum Gasteiger partial charge on any atom is -0.376 e. The van der Waals surface area contributed by atoms with E-state index in [0.717, 1.165) is 30.8 Å². The second kappa shape index (κ2) is 12.2. The minimum atomic E-state index is -0.498. The number of hydrogen-bond donors (Lipinski definition) is 0. The van der Waals surface area contributed by atoms with Crippen molar-refractivity contribution in [1.82, 2.24) is 4.90 Å². The zero-order valence-corrected chi connectivity index (χ0v) is 22.1. The Hall–Kier alpha value is -2.59. The molecule has 0 N–H and O–H groups in total. The maximum atomic E-state index is 14.3. The van der Waals surface area contributed by atoms with Gasteiger partial charge in [-0.25, -0.2) is 4.39 Å². The third-order valence-corrected chi connectivity index (χ3v) is 6.69. The van der Waals surface area contributed by atoms with Crippen molar-refractivity contribution in [2.45, 2.75) is 53.4 Å². The zero-order valence-electron chi connectivity index (χ0n) is 21.4. The average Bonchev–Trinajstić information content (AvgIpc) is 3.11. The molecule has 1 aliphatic heterocycles. The fourth-order valence-electron chi connectivity index (χ4n) is 4.07. The van der Waals surface area contributed by atoms with E-state index < -0.39 is 5.82 Å². The molecule has 0 saturated heterocycles. The van der Waals surface area contributed by atoms with Gasteiger partial charge in [-0.2, -0.15) is 0 Å². The van der Waals surface area contributed by atoms with Gasteiger partial charge in [-0.1, -0.05) is 56.7 Å². The Balaban J connectivity index is 0.000000739. The van der Waals surface area contributed by atoms with E-state index in [1.165, 1.54) is 17.8 Å². The maximum Gasteiger partial charge on any atom is 0.261 e. The number of hydrogen-bond acceptors (Lipinski definition) is 2. The van der Waals surface area contributed by atoms with Gasteiger partial charge in [0, 0.05) is 41.5 Å². The number of halogens is 2. The summed E-state index contributed by atoms with van der Waals surface area (Å²) in [6, 6.07) is 11.8. The van der Waals surface area contributed by atoms with Crippen molar-refractivity contribution in [3.63, 3.8) is 0 Å². The highest BCUT2D eigenvalue weighted by molar-refractivity contribution is 6.30. The molecule has 2 aromatic rings. The molecule has 5 heteroatoms. The number of nitrogens with zero attached hydrogens (tertiary/aromatic N) is 2. The molecule has 1 aliphatic rings. The van der Waals surface area contributed by atoms with E-state index in [0.29, 0.717) is 17.5 Å². The summed E-state index contributed by atoms with van der Waals surface area (Å²) in [4.78, 5) is 17.2. The molecule has 0 spiro atoms. The summed E-state index contributed by atoms with van der Waals surface area (Å²) in [5.41, 5.74) is 2.93. The molecular formula is C29H38ClFN2O. The summed E-state index contributed by atoms with van der Waals surface area (Å²) in [6.45, 7) is 18.5. The minimum absolute atomic E-state index is 0.0950. The van der Waals surface area contributed by atoms with Crippen LogP contribution in [0.4, 0.5) is 10.1 Å². The van der Waals surface area contributed by atoms with Crippen molar-refractivity contribution in [2.24, 2.45) is 5.92 Å². The summed E-state index contributed by atoms with van der Waals surface area (Å²) < 4.78 is 14.3. The van der Waals surface area contributed by atoms with Gasteiger partial charge in [0.05, 0.1) is 5.56 Å². The van der Waals surface area contributed by atoms with Crippen LogP contribution in [0.1, 0.15) is 63.9 Å². The Morgan fingerprint density at radius 3 is 2.50 bits per heavy atom. The van der Waals surface area contributed by atoms with Gasteiger partial charge in [0.2, 0.25) is 0 Å². The number of anilines is 1. The molecule has 0 aliphatic carbocycles. The fourth-order valence-corrected chi connectivity index (χ4v) is 4.24. The number of rotatable bonds is 7. The molecule has 0 radical (unpaired) electrons. The van der Waals surface area contributed by atoms with Gasteiger partial charge >= 0.3 is 0 Å². The molecule has 0 fully saturated rings. The average molecular weight is 485 g/mol. The molecule has 0 saturated carbocycles. The quantitative estimate of drug-likeness (QED) is 0.373. The van der Waals surface area contributed by atoms with Gasteiger partial charge in [-0.15, -0.1) is 6.58 Å². The van der Waals surface area contributed by atoms with Crippen LogP contribution in [0.5, 0.6) is 0 Å². The normalized spacial score (nSPS) is 17.2. The maximum absolute atomic E-state index is 14.3. The standard InChI is InChI=1S/C24H28ClFN2O.C5H10/c1-5-17(3)27(6-2)14-13-24(4)16-28(22-12-11-18(25)15-20(22)24)23(29)19-9-7-8-10-21(19)26;1-4-5(2)3/h5,7-12,15H,6,13-14,16H2,1-4H3;4-5H,1H2,2-3H3/b17-5+;. The SMILES string of the molecule is C/C=C(\C)N(CC)CCC1(C)CN(C(=O)c2ccccc2F)c2ccc(Cl)cc21.C=CC(C)C. The van der Waals surface area contributed by atoms with E-state index in [2.05, 4.69) is 52.2 Å². The van der Waals surface area contributed by atoms with E-state index in [4.69, 9.17) is 11.6 Å². The van der Waals surface area contributed by atoms with E-state index in [1.54, 1.807) is 23.1 Å². The Bertz CT molecular complexity index is 1030. The van der Waals surface area contributed by atoms with Crippen molar-refractivity contribution in [1.29, 1.82) is 0 Å². The highest BCUT2D eigenvalue weighted by Crippen LogP contribution is 2.44. The first-order valence-electron chi connectivity index (χ1n) is 11.9. The first-order chi connectivity index (χ1) is 16.1. The van der Waals surface area contributed by atoms with Crippen molar-refractivity contribution in [2.75, 3.05) is 24.5 Å². The first kappa shape index (κ1) is 27.7. The number of allylic oxidation sites excluding steroid dienone is 3. The van der Waals surface area contributed by atoms with Crippen molar-refractivity contribution in [3.05, 3.63) is 88.9 Å². The Labute approximate surface area is 209 Å². The zero-order chi connectivity index (χ0) is 25.5. The third-order valence-electron chi connectivity index (χ3n) is 6.46. The topological polar surface area (TPSA) is 23.6 Å². The summed E-state index contributed by atoms with van der Waals surface area (Å²) >= 11 is 6.30. The van der Waals surface area contributed by atoms with Gasteiger partial charge < -0.3 is 9.80 Å². The number of carbonyl (C=O) groups excluding carboxylic acids is 1. The Kier molecular flexibility index (Phi) is 9.93.